The van der Waals surface area contributed by atoms with Crippen molar-refractivity contribution in [2.45, 2.75) is 19.8 Å². The summed E-state index contributed by atoms with van der Waals surface area (Å²) in [5.41, 5.74) is -0.346. The monoisotopic (exact) mass is 238 g/mol. The number of hydrogen-bond donors (Lipinski definition) is 0. The average Bonchev–Trinajstić information content (AvgIpc) is 2.32. The van der Waals surface area contributed by atoms with Crippen LogP contribution in [0.1, 0.15) is 19.8 Å². The van der Waals surface area contributed by atoms with Gasteiger partial charge < -0.3 is 9.47 Å². The van der Waals surface area contributed by atoms with Crippen molar-refractivity contribution in [1.82, 2.24) is 0 Å². The third-order valence-electron chi connectivity index (χ3n) is 1.75. The molecule has 0 heterocycles. The maximum absolute atomic E-state index is 11.6. The molecule has 0 aromatic rings. The molecule has 0 aliphatic rings. The van der Waals surface area contributed by atoms with Crippen LogP contribution >= 0.6 is 0 Å². The molecule has 0 aromatic carbocycles. The number of terminal acetylenes is 1. The Balaban J connectivity index is 4.88. The molecule has 0 spiro atoms. The van der Waals surface area contributed by atoms with Gasteiger partial charge in [0.1, 0.15) is 5.57 Å². The highest BCUT2D eigenvalue weighted by molar-refractivity contribution is 6.19. The SMILES string of the molecule is C#CCCC(=O)C(=CC(=O)OCC)C(=O)OC. The van der Waals surface area contributed by atoms with Gasteiger partial charge in [-0.25, -0.2) is 9.59 Å². The zero-order valence-electron chi connectivity index (χ0n) is 9.82. The largest absolute Gasteiger partial charge is 0.465 e. The maximum Gasteiger partial charge on any atom is 0.341 e. The Morgan fingerprint density at radius 2 is 2.00 bits per heavy atom. The highest BCUT2D eigenvalue weighted by atomic mass is 16.5. The molecule has 0 fully saturated rings. The molecule has 5 heteroatoms. The molecule has 0 aliphatic carbocycles. The topological polar surface area (TPSA) is 69.7 Å². The van der Waals surface area contributed by atoms with Crippen LogP contribution in [0.3, 0.4) is 0 Å². The predicted octanol–water partition coefficient (Wildman–Crippen LogP) is 0.631. The number of esters is 2. The van der Waals surface area contributed by atoms with Crippen molar-refractivity contribution >= 4 is 17.7 Å². The molecule has 0 radical (unpaired) electrons. The summed E-state index contributed by atoms with van der Waals surface area (Å²) in [4.78, 5) is 34.0. The molecular formula is C12H14O5. The summed E-state index contributed by atoms with van der Waals surface area (Å²) >= 11 is 0. The van der Waals surface area contributed by atoms with E-state index in [2.05, 4.69) is 15.4 Å². The minimum atomic E-state index is -0.875. The molecule has 0 amide bonds. The fourth-order valence-corrected chi connectivity index (χ4v) is 0.985. The summed E-state index contributed by atoms with van der Waals surface area (Å²) in [6.45, 7) is 1.77. The van der Waals surface area contributed by atoms with E-state index >= 15 is 0 Å². The predicted molar refractivity (Wildman–Crippen MR) is 59.8 cm³/mol. The number of hydrogen-bond acceptors (Lipinski definition) is 5. The molecule has 0 atom stereocenters. The van der Waals surface area contributed by atoms with Gasteiger partial charge in [0.15, 0.2) is 5.78 Å². The molecule has 0 aromatic heterocycles. The first-order chi connectivity index (χ1) is 8.06. The van der Waals surface area contributed by atoms with Gasteiger partial charge in [0.05, 0.1) is 13.7 Å². The van der Waals surface area contributed by atoms with E-state index in [4.69, 9.17) is 6.42 Å². The standard InChI is InChI=1S/C12H14O5/c1-4-6-7-10(13)9(12(15)16-3)8-11(14)17-5-2/h1,8H,5-7H2,2-3H3. The van der Waals surface area contributed by atoms with Crippen LogP contribution in [0.25, 0.3) is 0 Å². The summed E-state index contributed by atoms with van der Waals surface area (Å²) in [5, 5.41) is 0. The summed E-state index contributed by atoms with van der Waals surface area (Å²) in [6.07, 6.45) is 6.01. The van der Waals surface area contributed by atoms with Gasteiger partial charge in [-0.3, -0.25) is 4.79 Å². The molecule has 0 N–H and O–H groups in total. The number of carbonyl (C=O) groups is 3. The zero-order valence-corrected chi connectivity index (χ0v) is 9.82. The van der Waals surface area contributed by atoms with Crippen LogP contribution in [0.2, 0.25) is 0 Å². The van der Waals surface area contributed by atoms with Gasteiger partial charge >= 0.3 is 11.9 Å². The Labute approximate surface area is 99.8 Å². The van der Waals surface area contributed by atoms with Gasteiger partial charge in [-0.1, -0.05) is 0 Å². The zero-order chi connectivity index (χ0) is 13.3. The lowest BCUT2D eigenvalue weighted by atomic mass is 10.1. The van der Waals surface area contributed by atoms with E-state index in [1.807, 2.05) is 0 Å². The second-order valence-electron chi connectivity index (χ2n) is 2.93. The summed E-state index contributed by atoms with van der Waals surface area (Å²) < 4.78 is 9.01. The molecule has 0 saturated heterocycles. The van der Waals surface area contributed by atoms with Crippen LogP contribution in [0, 0.1) is 12.3 Å². The van der Waals surface area contributed by atoms with Crippen molar-refractivity contribution in [2.24, 2.45) is 0 Å². The fraction of sp³-hybridized carbons (Fsp3) is 0.417. The first-order valence-corrected chi connectivity index (χ1v) is 5.00. The van der Waals surface area contributed by atoms with Crippen molar-refractivity contribution in [3.63, 3.8) is 0 Å². The van der Waals surface area contributed by atoms with Crippen molar-refractivity contribution < 1.29 is 23.9 Å². The lowest BCUT2D eigenvalue weighted by molar-refractivity contribution is -0.141. The van der Waals surface area contributed by atoms with Crippen LogP contribution in [0.5, 0.6) is 0 Å². The first kappa shape index (κ1) is 14.9. The molecule has 0 rings (SSSR count). The highest BCUT2D eigenvalue weighted by Crippen LogP contribution is 2.05. The normalized spacial score (nSPS) is 10.3. The fourth-order valence-electron chi connectivity index (χ4n) is 0.985. The number of ketones is 1. The van der Waals surface area contributed by atoms with Crippen LogP contribution in [-0.2, 0) is 23.9 Å². The average molecular weight is 238 g/mol. The van der Waals surface area contributed by atoms with E-state index < -0.39 is 17.7 Å². The molecule has 0 saturated carbocycles. The Hall–Kier alpha value is -2.09. The second-order valence-corrected chi connectivity index (χ2v) is 2.93. The molecule has 17 heavy (non-hydrogen) atoms. The lowest BCUT2D eigenvalue weighted by Crippen LogP contribution is -2.16. The third kappa shape index (κ3) is 5.52. The Morgan fingerprint density at radius 1 is 1.35 bits per heavy atom. The van der Waals surface area contributed by atoms with Crippen LogP contribution < -0.4 is 0 Å². The molecule has 0 unspecified atom stereocenters. The summed E-state index contributed by atoms with van der Waals surface area (Å²) in [5.74, 6) is 0.0965. The maximum atomic E-state index is 11.6. The van der Waals surface area contributed by atoms with Gasteiger partial charge in [-0.05, 0) is 6.92 Å². The molecule has 0 bridgehead atoms. The van der Waals surface area contributed by atoms with Gasteiger partial charge in [-0.15, -0.1) is 12.3 Å². The second kappa shape index (κ2) is 8.11. The van der Waals surface area contributed by atoms with Gasteiger partial charge in [0.25, 0.3) is 0 Å². The Bertz CT molecular complexity index is 373. The number of methoxy groups -OCH3 is 1. The molecule has 92 valence electrons. The van der Waals surface area contributed by atoms with Gasteiger partial charge in [-0.2, -0.15) is 0 Å². The summed E-state index contributed by atoms with van der Waals surface area (Å²) in [6, 6.07) is 0. The lowest BCUT2D eigenvalue weighted by Gasteiger charge is -2.03. The van der Waals surface area contributed by atoms with E-state index in [0.717, 1.165) is 13.2 Å². The van der Waals surface area contributed by atoms with Crippen molar-refractivity contribution in [3.8, 4) is 12.3 Å². The third-order valence-corrected chi connectivity index (χ3v) is 1.75. The molecular weight excluding hydrogens is 224 g/mol. The molecule has 0 aliphatic heterocycles. The van der Waals surface area contributed by atoms with E-state index in [1.165, 1.54) is 0 Å². The van der Waals surface area contributed by atoms with Crippen LogP contribution in [0.4, 0.5) is 0 Å². The number of rotatable bonds is 6. The van der Waals surface area contributed by atoms with E-state index in [0.29, 0.717) is 0 Å². The van der Waals surface area contributed by atoms with Crippen LogP contribution in [0.15, 0.2) is 11.6 Å². The summed E-state index contributed by atoms with van der Waals surface area (Å²) in [7, 11) is 1.12. The quantitative estimate of drug-likeness (QED) is 0.223. The Kier molecular flexibility index (Phi) is 7.11. The van der Waals surface area contributed by atoms with Gasteiger partial charge in [0.2, 0.25) is 0 Å². The van der Waals surface area contributed by atoms with Crippen molar-refractivity contribution in [2.75, 3.05) is 13.7 Å². The number of Topliss-reactive ketones (excluding diaryl/α,β-unsaturated/α-hetero) is 1. The van der Waals surface area contributed by atoms with E-state index in [9.17, 15) is 14.4 Å². The number of carbonyl (C=O) groups excluding carboxylic acids is 3. The van der Waals surface area contributed by atoms with E-state index in [1.54, 1.807) is 6.92 Å². The smallest absolute Gasteiger partial charge is 0.341 e. The minimum absolute atomic E-state index is 0.0170. The highest BCUT2D eigenvalue weighted by Gasteiger charge is 2.20. The first-order valence-electron chi connectivity index (χ1n) is 5.00. The minimum Gasteiger partial charge on any atom is -0.465 e. The van der Waals surface area contributed by atoms with Crippen molar-refractivity contribution in [3.05, 3.63) is 11.6 Å². The van der Waals surface area contributed by atoms with Crippen molar-refractivity contribution in [1.29, 1.82) is 0 Å². The Morgan fingerprint density at radius 3 is 2.47 bits per heavy atom. The van der Waals surface area contributed by atoms with Gasteiger partial charge in [0, 0.05) is 18.9 Å². The number of ether oxygens (including phenoxy) is 2. The van der Waals surface area contributed by atoms with E-state index in [-0.39, 0.29) is 25.0 Å². The van der Waals surface area contributed by atoms with Crippen LogP contribution in [-0.4, -0.2) is 31.4 Å². The molecule has 5 nitrogen and oxygen atoms in total.